The summed E-state index contributed by atoms with van der Waals surface area (Å²) in [6, 6.07) is 0. The molecule has 0 saturated carbocycles. The molecular weight excluding hydrogens is 254 g/mol. The Morgan fingerprint density at radius 2 is 2.00 bits per heavy atom. The number of carboxylic acid groups (broad SMARTS) is 1. The van der Waals surface area contributed by atoms with Crippen LogP contribution in [0, 0.1) is 11.8 Å². The number of carbonyl (C=O) groups is 1. The Morgan fingerprint density at radius 1 is 1.33 bits per heavy atom. The van der Waals surface area contributed by atoms with E-state index < -0.39 is 16.0 Å². The highest BCUT2D eigenvalue weighted by Crippen LogP contribution is 2.21. The summed E-state index contributed by atoms with van der Waals surface area (Å²) in [6.45, 7) is 4.95. The first kappa shape index (κ1) is 15.4. The molecule has 1 fully saturated rings. The summed E-state index contributed by atoms with van der Waals surface area (Å²) < 4.78 is 25.2. The fourth-order valence-corrected chi connectivity index (χ4v) is 4.14. The van der Waals surface area contributed by atoms with Gasteiger partial charge in [-0.2, -0.15) is 0 Å². The summed E-state index contributed by atoms with van der Waals surface area (Å²) in [6.07, 6.45) is 2.38. The first-order chi connectivity index (χ1) is 8.31. The molecule has 1 rings (SSSR count). The Balaban J connectivity index is 2.66. The number of hydrogen-bond donors (Lipinski definition) is 1. The number of aliphatic carboxylic acids is 1. The molecule has 1 N–H and O–H groups in total. The predicted molar refractivity (Wildman–Crippen MR) is 69.8 cm³/mol. The molecule has 1 saturated heterocycles. The zero-order valence-electron chi connectivity index (χ0n) is 11.1. The maximum atomic E-state index is 11.9. The number of hydrogen-bond acceptors (Lipinski definition) is 3. The second-order valence-corrected chi connectivity index (χ2v) is 7.56. The van der Waals surface area contributed by atoms with Crippen molar-refractivity contribution in [1.29, 1.82) is 0 Å². The number of rotatable bonds is 6. The van der Waals surface area contributed by atoms with Crippen molar-refractivity contribution in [2.75, 3.05) is 18.8 Å². The van der Waals surface area contributed by atoms with Crippen LogP contribution in [-0.2, 0) is 14.8 Å². The van der Waals surface area contributed by atoms with Crippen molar-refractivity contribution in [3.05, 3.63) is 0 Å². The Labute approximate surface area is 109 Å². The molecule has 5 nitrogen and oxygen atoms in total. The molecule has 0 bridgehead atoms. The number of carboxylic acids is 1. The van der Waals surface area contributed by atoms with E-state index in [2.05, 4.69) is 0 Å². The largest absolute Gasteiger partial charge is 0.481 e. The summed E-state index contributed by atoms with van der Waals surface area (Å²) >= 11 is 0. The summed E-state index contributed by atoms with van der Waals surface area (Å²) in [5.41, 5.74) is 0. The molecule has 106 valence electrons. The minimum Gasteiger partial charge on any atom is -0.481 e. The van der Waals surface area contributed by atoms with Crippen molar-refractivity contribution in [1.82, 2.24) is 4.31 Å². The first-order valence-corrected chi connectivity index (χ1v) is 8.12. The lowest BCUT2D eigenvalue weighted by Gasteiger charge is -2.30. The van der Waals surface area contributed by atoms with Crippen LogP contribution in [0.4, 0.5) is 0 Å². The maximum absolute atomic E-state index is 11.9. The molecule has 0 radical (unpaired) electrons. The molecule has 1 heterocycles. The molecule has 6 heteroatoms. The fraction of sp³-hybridized carbons (Fsp3) is 0.917. The molecule has 1 aliphatic heterocycles. The molecule has 0 amide bonds. The Kier molecular flexibility index (Phi) is 5.59. The zero-order chi connectivity index (χ0) is 13.8. The zero-order valence-corrected chi connectivity index (χ0v) is 11.9. The summed E-state index contributed by atoms with van der Waals surface area (Å²) in [7, 11) is -3.15. The van der Waals surface area contributed by atoms with E-state index in [1.807, 2.05) is 13.8 Å². The van der Waals surface area contributed by atoms with Crippen molar-refractivity contribution in [2.45, 2.75) is 39.5 Å². The number of nitrogens with zero attached hydrogens (tertiary/aromatic N) is 1. The highest BCUT2D eigenvalue weighted by molar-refractivity contribution is 7.89. The highest BCUT2D eigenvalue weighted by Gasteiger charge is 2.29. The van der Waals surface area contributed by atoms with Crippen LogP contribution in [-0.4, -0.2) is 42.6 Å². The highest BCUT2D eigenvalue weighted by atomic mass is 32.2. The Hall–Kier alpha value is -0.620. The van der Waals surface area contributed by atoms with Crippen LogP contribution in [0.2, 0.25) is 0 Å². The van der Waals surface area contributed by atoms with E-state index >= 15 is 0 Å². The minimum atomic E-state index is -3.15. The average Bonchev–Trinajstić information content (AvgIpc) is 2.19. The average molecular weight is 277 g/mol. The predicted octanol–water partition coefficient (Wildman–Crippen LogP) is 1.55. The van der Waals surface area contributed by atoms with E-state index in [-0.39, 0.29) is 18.1 Å². The monoisotopic (exact) mass is 277 g/mol. The van der Waals surface area contributed by atoms with Crippen LogP contribution in [0.15, 0.2) is 0 Å². The molecular formula is C12H23NO4S. The second kappa shape index (κ2) is 6.52. The quantitative estimate of drug-likeness (QED) is 0.799. The van der Waals surface area contributed by atoms with Gasteiger partial charge >= 0.3 is 5.97 Å². The van der Waals surface area contributed by atoms with Gasteiger partial charge in [-0.05, 0) is 31.1 Å². The Bertz CT molecular complexity index is 378. The van der Waals surface area contributed by atoms with Gasteiger partial charge in [-0.15, -0.1) is 0 Å². The maximum Gasteiger partial charge on any atom is 0.303 e. The molecule has 1 aliphatic rings. The van der Waals surface area contributed by atoms with Crippen molar-refractivity contribution in [2.24, 2.45) is 11.8 Å². The lowest BCUT2D eigenvalue weighted by molar-refractivity contribution is -0.138. The number of sulfonamides is 1. The lowest BCUT2D eigenvalue weighted by atomic mass is 9.94. The molecule has 1 unspecified atom stereocenters. The van der Waals surface area contributed by atoms with Crippen molar-refractivity contribution in [3.63, 3.8) is 0 Å². The van der Waals surface area contributed by atoms with Gasteiger partial charge in [-0.1, -0.05) is 13.8 Å². The minimum absolute atomic E-state index is 0.0458. The first-order valence-electron chi connectivity index (χ1n) is 6.51. The summed E-state index contributed by atoms with van der Waals surface area (Å²) in [4.78, 5) is 10.8. The van der Waals surface area contributed by atoms with E-state index in [9.17, 15) is 13.2 Å². The van der Waals surface area contributed by atoms with Gasteiger partial charge in [0.1, 0.15) is 0 Å². The third-order valence-electron chi connectivity index (χ3n) is 3.18. The molecule has 0 aliphatic carbocycles. The Morgan fingerprint density at radius 3 is 2.50 bits per heavy atom. The van der Waals surface area contributed by atoms with Gasteiger partial charge in [0.25, 0.3) is 0 Å². The van der Waals surface area contributed by atoms with E-state index in [1.54, 1.807) is 0 Å². The van der Waals surface area contributed by atoms with Crippen LogP contribution in [0.5, 0.6) is 0 Å². The molecule has 0 aromatic carbocycles. The van der Waals surface area contributed by atoms with Gasteiger partial charge in [-0.25, -0.2) is 12.7 Å². The van der Waals surface area contributed by atoms with Crippen molar-refractivity contribution < 1.29 is 18.3 Å². The van der Waals surface area contributed by atoms with Crippen LogP contribution in [0.3, 0.4) is 0 Å². The van der Waals surface area contributed by atoms with Gasteiger partial charge in [-0.3, -0.25) is 4.79 Å². The molecule has 18 heavy (non-hydrogen) atoms. The fourth-order valence-electron chi connectivity index (χ4n) is 2.47. The van der Waals surface area contributed by atoms with Crippen molar-refractivity contribution >= 4 is 16.0 Å². The van der Waals surface area contributed by atoms with E-state index in [4.69, 9.17) is 5.11 Å². The SMILES string of the molecule is CC(C)CC(CC(=O)O)CN1CCCCS1(=O)=O. The molecule has 1 atom stereocenters. The van der Waals surface area contributed by atoms with E-state index in [0.29, 0.717) is 25.4 Å². The van der Waals surface area contributed by atoms with Gasteiger partial charge < -0.3 is 5.11 Å². The van der Waals surface area contributed by atoms with Crippen LogP contribution in [0.1, 0.15) is 39.5 Å². The van der Waals surface area contributed by atoms with Crippen LogP contribution in [0.25, 0.3) is 0 Å². The van der Waals surface area contributed by atoms with Gasteiger partial charge in [0.15, 0.2) is 0 Å². The molecule has 0 aromatic rings. The van der Waals surface area contributed by atoms with Crippen LogP contribution < -0.4 is 0 Å². The summed E-state index contributed by atoms with van der Waals surface area (Å²) in [5, 5.41) is 8.89. The van der Waals surface area contributed by atoms with Gasteiger partial charge in [0.05, 0.1) is 5.75 Å². The van der Waals surface area contributed by atoms with Gasteiger partial charge in [0.2, 0.25) is 10.0 Å². The smallest absolute Gasteiger partial charge is 0.303 e. The second-order valence-electron chi connectivity index (χ2n) is 5.47. The van der Waals surface area contributed by atoms with E-state index in [1.165, 1.54) is 4.31 Å². The topological polar surface area (TPSA) is 74.7 Å². The van der Waals surface area contributed by atoms with Crippen molar-refractivity contribution in [3.8, 4) is 0 Å². The third kappa shape index (κ3) is 4.94. The third-order valence-corrected chi connectivity index (χ3v) is 5.11. The van der Waals surface area contributed by atoms with E-state index in [0.717, 1.165) is 12.8 Å². The van der Waals surface area contributed by atoms with Gasteiger partial charge in [0, 0.05) is 19.5 Å². The molecule has 0 aromatic heterocycles. The normalized spacial score (nSPS) is 21.9. The summed E-state index contributed by atoms with van der Waals surface area (Å²) in [5.74, 6) is -0.360. The standard InChI is InChI=1S/C12H23NO4S/c1-10(2)7-11(8-12(14)15)9-13-5-3-4-6-18(13,16)17/h10-11H,3-9H2,1-2H3,(H,14,15). The lowest BCUT2D eigenvalue weighted by Crippen LogP contribution is -2.41. The molecule has 0 spiro atoms. The van der Waals surface area contributed by atoms with Crippen LogP contribution >= 0.6 is 0 Å².